The van der Waals surface area contributed by atoms with E-state index in [-0.39, 0.29) is 5.91 Å². The predicted molar refractivity (Wildman–Crippen MR) is 84.4 cm³/mol. The van der Waals surface area contributed by atoms with E-state index in [2.05, 4.69) is 24.4 Å². The van der Waals surface area contributed by atoms with E-state index in [0.717, 1.165) is 12.0 Å². The van der Waals surface area contributed by atoms with Crippen LogP contribution in [-0.4, -0.2) is 19.6 Å². The first kappa shape index (κ1) is 15.3. The van der Waals surface area contributed by atoms with Crippen LogP contribution in [0.1, 0.15) is 27.0 Å². The van der Waals surface area contributed by atoms with E-state index < -0.39 is 0 Å². The Hall–Kier alpha value is -2.13. The zero-order valence-electron chi connectivity index (χ0n) is 12.6. The summed E-state index contributed by atoms with van der Waals surface area (Å²) in [7, 11) is 1.65. The monoisotopic (exact) mass is 283 g/mol. The van der Waals surface area contributed by atoms with Crippen LogP contribution < -0.4 is 5.32 Å². The van der Waals surface area contributed by atoms with E-state index in [1.54, 1.807) is 7.11 Å². The molecule has 0 aromatic heterocycles. The van der Waals surface area contributed by atoms with Crippen molar-refractivity contribution in [2.24, 2.45) is 0 Å². The topological polar surface area (TPSA) is 38.3 Å². The van der Waals surface area contributed by atoms with Crippen molar-refractivity contribution < 1.29 is 9.53 Å². The summed E-state index contributed by atoms with van der Waals surface area (Å²) >= 11 is 0. The third kappa shape index (κ3) is 4.43. The summed E-state index contributed by atoms with van der Waals surface area (Å²) in [5.41, 5.74) is 4.21. The number of carbonyl (C=O) groups is 1. The van der Waals surface area contributed by atoms with Gasteiger partial charge in [0.15, 0.2) is 0 Å². The smallest absolute Gasteiger partial charge is 0.251 e. The molecule has 0 fully saturated rings. The zero-order valence-corrected chi connectivity index (χ0v) is 12.6. The number of rotatable bonds is 6. The molecule has 0 saturated carbocycles. The van der Waals surface area contributed by atoms with Gasteiger partial charge in [-0.3, -0.25) is 4.79 Å². The summed E-state index contributed by atoms with van der Waals surface area (Å²) in [4.78, 5) is 12.1. The van der Waals surface area contributed by atoms with Gasteiger partial charge in [0.2, 0.25) is 0 Å². The molecule has 2 aromatic rings. The van der Waals surface area contributed by atoms with Crippen LogP contribution in [0.5, 0.6) is 0 Å². The highest BCUT2D eigenvalue weighted by Gasteiger charge is 2.06. The van der Waals surface area contributed by atoms with Crippen molar-refractivity contribution in [3.8, 4) is 0 Å². The molecule has 0 unspecified atom stereocenters. The zero-order chi connectivity index (χ0) is 15.1. The van der Waals surface area contributed by atoms with E-state index in [1.807, 2.05) is 36.4 Å². The fourth-order valence-electron chi connectivity index (χ4n) is 2.27. The van der Waals surface area contributed by atoms with Gasteiger partial charge in [-0.2, -0.15) is 0 Å². The second-order valence-corrected chi connectivity index (χ2v) is 5.07. The first-order valence-corrected chi connectivity index (χ1v) is 7.11. The molecule has 0 bridgehead atoms. The van der Waals surface area contributed by atoms with E-state index in [1.165, 1.54) is 11.1 Å². The molecule has 1 N–H and O–H groups in total. The molecular formula is C18H21NO2. The number of carbonyl (C=O) groups excluding carboxylic acids is 1. The largest absolute Gasteiger partial charge is 0.380 e. The molecule has 0 atom stereocenters. The van der Waals surface area contributed by atoms with Crippen LogP contribution in [0.15, 0.2) is 48.5 Å². The Morgan fingerprint density at radius 2 is 1.95 bits per heavy atom. The Labute approximate surface area is 126 Å². The lowest BCUT2D eigenvalue weighted by Gasteiger charge is -2.08. The van der Waals surface area contributed by atoms with Crippen molar-refractivity contribution in [1.29, 1.82) is 0 Å². The van der Waals surface area contributed by atoms with Crippen LogP contribution in [0.4, 0.5) is 0 Å². The Morgan fingerprint density at radius 3 is 2.71 bits per heavy atom. The second kappa shape index (κ2) is 7.60. The highest BCUT2D eigenvalue weighted by Crippen LogP contribution is 2.08. The summed E-state index contributed by atoms with van der Waals surface area (Å²) in [5, 5.41) is 2.96. The van der Waals surface area contributed by atoms with E-state index in [0.29, 0.717) is 18.7 Å². The van der Waals surface area contributed by atoms with Crippen LogP contribution in [-0.2, 0) is 17.8 Å². The molecule has 0 aliphatic rings. The third-order valence-corrected chi connectivity index (χ3v) is 3.44. The number of methoxy groups -OCH3 is 1. The van der Waals surface area contributed by atoms with Crippen LogP contribution in [0.3, 0.4) is 0 Å². The van der Waals surface area contributed by atoms with E-state index in [4.69, 9.17) is 4.74 Å². The molecular weight excluding hydrogens is 262 g/mol. The fourth-order valence-corrected chi connectivity index (χ4v) is 2.27. The van der Waals surface area contributed by atoms with Gasteiger partial charge in [0.1, 0.15) is 0 Å². The van der Waals surface area contributed by atoms with E-state index >= 15 is 0 Å². The summed E-state index contributed by atoms with van der Waals surface area (Å²) in [6, 6.07) is 15.8. The number of amides is 1. The third-order valence-electron chi connectivity index (χ3n) is 3.44. The van der Waals surface area contributed by atoms with Crippen molar-refractivity contribution in [3.05, 3.63) is 70.8 Å². The maximum Gasteiger partial charge on any atom is 0.251 e. The fraction of sp³-hybridized carbons (Fsp3) is 0.278. The predicted octanol–water partition coefficient (Wildman–Crippen LogP) is 3.11. The van der Waals surface area contributed by atoms with Crippen LogP contribution >= 0.6 is 0 Å². The lowest BCUT2D eigenvalue weighted by Crippen LogP contribution is -2.25. The van der Waals surface area contributed by atoms with Gasteiger partial charge < -0.3 is 10.1 Å². The molecule has 110 valence electrons. The minimum Gasteiger partial charge on any atom is -0.380 e. The Kier molecular flexibility index (Phi) is 5.52. The maximum atomic E-state index is 12.1. The Balaban J connectivity index is 1.90. The molecule has 2 aromatic carbocycles. The Bertz CT molecular complexity index is 608. The number of hydrogen-bond acceptors (Lipinski definition) is 2. The second-order valence-electron chi connectivity index (χ2n) is 5.07. The number of benzene rings is 2. The summed E-state index contributed by atoms with van der Waals surface area (Å²) < 4.78 is 5.08. The van der Waals surface area contributed by atoms with Crippen molar-refractivity contribution in [2.45, 2.75) is 20.0 Å². The molecule has 0 aliphatic carbocycles. The van der Waals surface area contributed by atoms with Crippen molar-refractivity contribution in [2.75, 3.05) is 13.7 Å². The highest BCUT2D eigenvalue weighted by molar-refractivity contribution is 5.94. The minimum atomic E-state index is -0.0402. The van der Waals surface area contributed by atoms with Gasteiger partial charge in [-0.05, 0) is 42.2 Å². The van der Waals surface area contributed by atoms with Gasteiger partial charge in [-0.25, -0.2) is 0 Å². The maximum absolute atomic E-state index is 12.1. The number of aryl methyl sites for hydroxylation is 1. The van der Waals surface area contributed by atoms with Crippen LogP contribution in [0.2, 0.25) is 0 Å². The molecule has 0 aliphatic heterocycles. The molecule has 3 heteroatoms. The van der Waals surface area contributed by atoms with Crippen LogP contribution in [0.25, 0.3) is 0 Å². The van der Waals surface area contributed by atoms with Crippen molar-refractivity contribution >= 4 is 5.91 Å². The average molecular weight is 283 g/mol. The number of hydrogen-bond donors (Lipinski definition) is 1. The van der Waals surface area contributed by atoms with Gasteiger partial charge in [0, 0.05) is 19.2 Å². The molecule has 0 heterocycles. The quantitative estimate of drug-likeness (QED) is 0.884. The lowest BCUT2D eigenvalue weighted by molar-refractivity contribution is 0.0954. The summed E-state index contributed by atoms with van der Waals surface area (Å²) in [5.74, 6) is -0.0402. The lowest BCUT2D eigenvalue weighted by atomic mass is 10.1. The average Bonchev–Trinajstić information content (AvgIpc) is 2.50. The standard InChI is InChI=1S/C18H21NO2/c1-14-6-3-4-8-16(14)10-11-19-18(20)17-9-5-7-15(12-17)13-21-2/h3-9,12H,10-11,13H2,1-2H3,(H,19,20). The molecule has 21 heavy (non-hydrogen) atoms. The SMILES string of the molecule is COCc1cccc(C(=O)NCCc2ccccc2C)c1. The van der Waals surface area contributed by atoms with E-state index in [9.17, 15) is 4.79 Å². The summed E-state index contributed by atoms with van der Waals surface area (Å²) in [6.07, 6.45) is 0.843. The van der Waals surface area contributed by atoms with Gasteiger partial charge in [0.25, 0.3) is 5.91 Å². The van der Waals surface area contributed by atoms with Crippen molar-refractivity contribution in [3.63, 3.8) is 0 Å². The molecule has 1 amide bonds. The summed E-state index contributed by atoms with van der Waals surface area (Å²) in [6.45, 7) is 3.24. The van der Waals surface area contributed by atoms with Crippen LogP contribution in [0, 0.1) is 6.92 Å². The molecule has 3 nitrogen and oxygen atoms in total. The van der Waals surface area contributed by atoms with Gasteiger partial charge in [-0.15, -0.1) is 0 Å². The van der Waals surface area contributed by atoms with Crippen molar-refractivity contribution in [1.82, 2.24) is 5.32 Å². The first-order chi connectivity index (χ1) is 10.2. The highest BCUT2D eigenvalue weighted by atomic mass is 16.5. The normalized spacial score (nSPS) is 10.4. The number of nitrogens with one attached hydrogen (secondary N) is 1. The molecule has 0 radical (unpaired) electrons. The molecule has 2 rings (SSSR count). The Morgan fingerprint density at radius 1 is 1.14 bits per heavy atom. The van der Waals surface area contributed by atoms with Gasteiger partial charge >= 0.3 is 0 Å². The van der Waals surface area contributed by atoms with Gasteiger partial charge in [-0.1, -0.05) is 36.4 Å². The minimum absolute atomic E-state index is 0.0402. The first-order valence-electron chi connectivity index (χ1n) is 7.11. The number of ether oxygens (including phenoxy) is 1. The molecule has 0 spiro atoms. The van der Waals surface area contributed by atoms with Gasteiger partial charge in [0.05, 0.1) is 6.61 Å². The molecule has 0 saturated heterocycles.